The lowest BCUT2D eigenvalue weighted by Gasteiger charge is -2.26. The molecular formula is C11H10ClNO6. The van der Waals surface area contributed by atoms with E-state index >= 15 is 0 Å². The van der Waals surface area contributed by atoms with Crippen LogP contribution < -0.4 is 9.47 Å². The number of fused-ring (bicyclic) bond motifs is 1. The van der Waals surface area contributed by atoms with E-state index in [1.54, 1.807) is 0 Å². The number of halogens is 1. The number of carbonyl (C=O) groups is 1. The molecule has 0 radical (unpaired) electrons. The first-order valence-corrected chi connectivity index (χ1v) is 5.76. The molecule has 0 bridgehead atoms. The van der Waals surface area contributed by atoms with Gasteiger partial charge < -0.3 is 14.2 Å². The van der Waals surface area contributed by atoms with Crippen molar-refractivity contribution in [1.29, 1.82) is 0 Å². The molecule has 2 rings (SSSR count). The van der Waals surface area contributed by atoms with Crippen LogP contribution in [0.25, 0.3) is 0 Å². The van der Waals surface area contributed by atoms with Crippen LogP contribution in [-0.4, -0.2) is 30.2 Å². The monoisotopic (exact) mass is 287 g/mol. The van der Waals surface area contributed by atoms with E-state index in [4.69, 9.17) is 25.8 Å². The molecule has 0 spiro atoms. The van der Waals surface area contributed by atoms with Crippen LogP contribution in [0.4, 0.5) is 5.69 Å². The second kappa shape index (κ2) is 5.31. The normalized spacial score (nSPS) is 16.8. The van der Waals surface area contributed by atoms with Crippen LogP contribution in [0.1, 0.15) is 6.92 Å². The number of hydrogen-bond donors (Lipinski definition) is 0. The Balaban J connectivity index is 2.15. The summed E-state index contributed by atoms with van der Waals surface area (Å²) in [5.41, 5.74) is -0.248. The fourth-order valence-electron chi connectivity index (χ4n) is 1.56. The summed E-state index contributed by atoms with van der Waals surface area (Å²) in [4.78, 5) is 20.8. The third-order valence-corrected chi connectivity index (χ3v) is 2.70. The summed E-state index contributed by atoms with van der Waals surface area (Å²) in [5.74, 6) is 0.116. The molecule has 1 aromatic carbocycles. The number of nitrogens with zero attached hydrogens (tertiary/aromatic N) is 1. The minimum Gasteiger partial charge on any atom is -0.485 e. The predicted molar refractivity (Wildman–Crippen MR) is 64.7 cm³/mol. The molecular weight excluding hydrogens is 278 g/mol. The smallest absolute Gasteiger partial charge is 0.302 e. The van der Waals surface area contributed by atoms with E-state index in [1.807, 2.05) is 0 Å². The Hall–Kier alpha value is -2.02. The van der Waals surface area contributed by atoms with Crippen LogP contribution in [0, 0.1) is 10.1 Å². The van der Waals surface area contributed by atoms with Crippen LogP contribution in [0.3, 0.4) is 0 Å². The SMILES string of the molecule is CC(=O)OCC1COc2cc([N+](=O)[O-])c(Cl)cc2O1. The van der Waals surface area contributed by atoms with Gasteiger partial charge >= 0.3 is 5.97 Å². The molecule has 102 valence electrons. The van der Waals surface area contributed by atoms with Crippen molar-refractivity contribution in [3.63, 3.8) is 0 Å². The molecule has 1 unspecified atom stereocenters. The highest BCUT2D eigenvalue weighted by Gasteiger charge is 2.26. The zero-order valence-electron chi connectivity index (χ0n) is 9.92. The summed E-state index contributed by atoms with van der Waals surface area (Å²) in [7, 11) is 0. The highest BCUT2D eigenvalue weighted by molar-refractivity contribution is 6.32. The van der Waals surface area contributed by atoms with E-state index < -0.39 is 17.0 Å². The lowest BCUT2D eigenvalue weighted by molar-refractivity contribution is -0.384. The topological polar surface area (TPSA) is 87.9 Å². The van der Waals surface area contributed by atoms with Crippen LogP contribution in [0.5, 0.6) is 11.5 Å². The van der Waals surface area contributed by atoms with Crippen molar-refractivity contribution >= 4 is 23.3 Å². The number of rotatable bonds is 3. The number of carbonyl (C=O) groups excluding carboxylic acids is 1. The average molecular weight is 288 g/mol. The molecule has 0 aromatic heterocycles. The van der Waals surface area contributed by atoms with E-state index in [0.29, 0.717) is 5.75 Å². The maximum atomic E-state index is 10.7. The zero-order valence-corrected chi connectivity index (χ0v) is 10.7. The third kappa shape index (κ3) is 3.05. The molecule has 1 aromatic rings. The summed E-state index contributed by atoms with van der Waals surface area (Å²) in [6, 6.07) is 2.52. The Morgan fingerprint density at radius 3 is 2.95 bits per heavy atom. The molecule has 1 aliphatic heterocycles. The lowest BCUT2D eigenvalue weighted by Crippen LogP contribution is -2.34. The van der Waals surface area contributed by atoms with Gasteiger partial charge in [-0.3, -0.25) is 14.9 Å². The maximum Gasteiger partial charge on any atom is 0.302 e. The summed E-state index contributed by atoms with van der Waals surface area (Å²) in [5, 5.41) is 10.7. The van der Waals surface area contributed by atoms with Crippen molar-refractivity contribution in [2.24, 2.45) is 0 Å². The first-order valence-electron chi connectivity index (χ1n) is 5.38. The van der Waals surface area contributed by atoms with Gasteiger partial charge in [0.25, 0.3) is 5.69 Å². The molecule has 0 amide bonds. The second-order valence-electron chi connectivity index (χ2n) is 3.86. The van der Waals surface area contributed by atoms with Gasteiger partial charge in [0, 0.05) is 13.0 Å². The number of nitro groups is 1. The van der Waals surface area contributed by atoms with Crippen molar-refractivity contribution in [2.75, 3.05) is 13.2 Å². The summed E-state index contributed by atoms with van der Waals surface area (Å²) in [6.07, 6.45) is -0.464. The highest BCUT2D eigenvalue weighted by atomic mass is 35.5. The van der Waals surface area contributed by atoms with Gasteiger partial charge in [0.05, 0.1) is 11.0 Å². The Morgan fingerprint density at radius 2 is 2.32 bits per heavy atom. The molecule has 0 N–H and O–H groups in total. The number of ether oxygens (including phenoxy) is 3. The molecule has 0 fully saturated rings. The molecule has 19 heavy (non-hydrogen) atoms. The summed E-state index contributed by atoms with van der Waals surface area (Å²) < 4.78 is 15.6. The van der Waals surface area contributed by atoms with E-state index in [2.05, 4.69) is 0 Å². The van der Waals surface area contributed by atoms with Crippen molar-refractivity contribution in [3.8, 4) is 11.5 Å². The van der Waals surface area contributed by atoms with Gasteiger partial charge in [-0.15, -0.1) is 0 Å². The number of nitro benzene ring substituents is 1. The first kappa shape index (κ1) is 13.4. The molecule has 0 saturated heterocycles. The first-order chi connectivity index (χ1) is 8.97. The van der Waals surface area contributed by atoms with Crippen molar-refractivity contribution < 1.29 is 23.9 Å². The highest BCUT2D eigenvalue weighted by Crippen LogP contribution is 2.39. The van der Waals surface area contributed by atoms with Gasteiger partial charge in [-0.05, 0) is 0 Å². The van der Waals surface area contributed by atoms with Gasteiger partial charge in [-0.25, -0.2) is 0 Å². The van der Waals surface area contributed by atoms with Gasteiger partial charge in [-0.2, -0.15) is 0 Å². The molecule has 0 aliphatic carbocycles. The van der Waals surface area contributed by atoms with Gasteiger partial charge in [0.1, 0.15) is 18.2 Å². The minimum atomic E-state index is -0.600. The number of benzene rings is 1. The fraction of sp³-hybridized carbons (Fsp3) is 0.364. The quantitative estimate of drug-likeness (QED) is 0.480. The largest absolute Gasteiger partial charge is 0.485 e. The molecule has 1 atom stereocenters. The third-order valence-electron chi connectivity index (χ3n) is 2.40. The Labute approximate surface area is 113 Å². The van der Waals surface area contributed by atoms with Gasteiger partial charge in [-0.1, -0.05) is 11.6 Å². The van der Waals surface area contributed by atoms with Crippen LogP contribution in [0.2, 0.25) is 5.02 Å². The van der Waals surface area contributed by atoms with E-state index in [-0.39, 0.29) is 29.7 Å². The van der Waals surface area contributed by atoms with Crippen molar-refractivity contribution in [1.82, 2.24) is 0 Å². The maximum absolute atomic E-state index is 10.7. The predicted octanol–water partition coefficient (Wildman–Crippen LogP) is 1.95. The van der Waals surface area contributed by atoms with Gasteiger partial charge in [0.2, 0.25) is 0 Å². The fourth-order valence-corrected chi connectivity index (χ4v) is 1.78. The van der Waals surface area contributed by atoms with Crippen molar-refractivity contribution in [2.45, 2.75) is 13.0 Å². The standard InChI is InChI=1S/C11H10ClNO6/c1-6(14)17-4-7-5-18-10-3-9(13(15)16)8(12)2-11(10)19-7/h2-3,7H,4-5H2,1H3. The Bertz CT molecular complexity index is 532. The number of hydrogen-bond acceptors (Lipinski definition) is 6. The van der Waals surface area contributed by atoms with Crippen LogP contribution >= 0.6 is 11.6 Å². The summed E-state index contributed by atoms with van der Waals surface area (Å²) >= 11 is 5.77. The van der Waals surface area contributed by atoms with E-state index in [1.165, 1.54) is 19.1 Å². The van der Waals surface area contributed by atoms with Crippen molar-refractivity contribution in [3.05, 3.63) is 27.3 Å². The van der Waals surface area contributed by atoms with Gasteiger partial charge in [0.15, 0.2) is 17.6 Å². The summed E-state index contributed by atoms with van der Waals surface area (Å²) in [6.45, 7) is 1.47. The minimum absolute atomic E-state index is 0.0412. The lowest BCUT2D eigenvalue weighted by atomic mass is 10.2. The Morgan fingerprint density at radius 1 is 1.58 bits per heavy atom. The molecule has 7 nitrogen and oxygen atoms in total. The number of esters is 1. The Kier molecular flexibility index (Phi) is 3.75. The van der Waals surface area contributed by atoms with Crippen LogP contribution in [0.15, 0.2) is 12.1 Å². The van der Waals surface area contributed by atoms with E-state index in [0.717, 1.165) is 0 Å². The second-order valence-corrected chi connectivity index (χ2v) is 4.27. The molecule has 0 saturated carbocycles. The molecule has 8 heteroatoms. The zero-order chi connectivity index (χ0) is 14.0. The average Bonchev–Trinajstić information content (AvgIpc) is 2.34. The molecule has 1 heterocycles. The van der Waals surface area contributed by atoms with E-state index in [9.17, 15) is 14.9 Å². The van der Waals surface area contributed by atoms with Crippen LogP contribution in [-0.2, 0) is 9.53 Å². The molecule has 1 aliphatic rings.